The zero-order chi connectivity index (χ0) is 22.4. The van der Waals surface area contributed by atoms with Crippen molar-refractivity contribution in [3.05, 3.63) is 59.9 Å². The smallest absolute Gasteiger partial charge is 0.417 e. The maximum atomic E-state index is 13.2. The van der Waals surface area contributed by atoms with Gasteiger partial charge >= 0.3 is 6.09 Å². The number of ether oxygens (including phenoxy) is 2. The summed E-state index contributed by atoms with van der Waals surface area (Å²) in [4.78, 5) is 39.1. The number of hydrogen-bond acceptors (Lipinski definition) is 6. The van der Waals surface area contributed by atoms with E-state index in [0.717, 1.165) is 36.1 Å². The highest BCUT2D eigenvalue weighted by Gasteiger charge is 2.47. The van der Waals surface area contributed by atoms with Crippen molar-refractivity contribution in [2.45, 2.75) is 57.8 Å². The molecule has 0 aromatic heterocycles. The van der Waals surface area contributed by atoms with E-state index >= 15 is 0 Å². The molecule has 1 aromatic rings. The monoisotopic (exact) mass is 427 g/mol. The number of aliphatic hydroxyl groups is 1. The maximum absolute atomic E-state index is 13.2. The van der Waals surface area contributed by atoms with Gasteiger partial charge in [0.2, 0.25) is 5.91 Å². The number of rotatable bonds is 8. The summed E-state index contributed by atoms with van der Waals surface area (Å²) in [6.45, 7) is 3.53. The first kappa shape index (κ1) is 22.7. The van der Waals surface area contributed by atoms with Crippen LogP contribution in [0.15, 0.2) is 54.3 Å². The third-order valence-electron chi connectivity index (χ3n) is 5.64. The molecule has 2 heterocycles. The molecule has 0 bridgehead atoms. The van der Waals surface area contributed by atoms with Crippen molar-refractivity contribution in [1.82, 2.24) is 4.90 Å². The van der Waals surface area contributed by atoms with Crippen LogP contribution in [0.5, 0.6) is 0 Å². The molecule has 166 valence electrons. The molecule has 2 amide bonds. The molecule has 2 aliphatic heterocycles. The molecule has 7 nitrogen and oxygen atoms in total. The average Bonchev–Trinajstić information content (AvgIpc) is 3.08. The molecule has 0 aliphatic carbocycles. The molecule has 2 aliphatic rings. The van der Waals surface area contributed by atoms with Crippen LogP contribution >= 0.6 is 0 Å². The van der Waals surface area contributed by atoms with Crippen molar-refractivity contribution in [3.8, 4) is 0 Å². The lowest BCUT2D eigenvalue weighted by atomic mass is 9.95. The molecule has 1 saturated heterocycles. The molecule has 0 radical (unpaired) electrons. The van der Waals surface area contributed by atoms with E-state index in [1.807, 2.05) is 36.4 Å². The van der Waals surface area contributed by atoms with Crippen LogP contribution in [0.1, 0.15) is 51.2 Å². The minimum absolute atomic E-state index is 0.172. The number of ketones is 1. The van der Waals surface area contributed by atoms with E-state index in [4.69, 9.17) is 14.6 Å². The number of cyclic esters (lactones) is 1. The van der Waals surface area contributed by atoms with Crippen LogP contribution in [0.2, 0.25) is 0 Å². The number of benzene rings is 1. The third kappa shape index (κ3) is 5.22. The largest absolute Gasteiger partial charge is 0.482 e. The van der Waals surface area contributed by atoms with Crippen molar-refractivity contribution >= 4 is 17.8 Å². The van der Waals surface area contributed by atoms with Crippen LogP contribution in [0.3, 0.4) is 0 Å². The van der Waals surface area contributed by atoms with Gasteiger partial charge in [0.25, 0.3) is 0 Å². The van der Waals surface area contributed by atoms with Gasteiger partial charge in [0, 0.05) is 6.61 Å². The van der Waals surface area contributed by atoms with E-state index in [9.17, 15) is 14.4 Å². The van der Waals surface area contributed by atoms with Crippen molar-refractivity contribution < 1.29 is 29.0 Å². The number of unbranched alkanes of at least 4 members (excludes halogenated alkanes) is 3. The molecule has 1 N–H and O–H groups in total. The molecular formula is C24H29NO6. The van der Waals surface area contributed by atoms with Gasteiger partial charge < -0.3 is 14.6 Å². The standard InChI is InChI=1S/C24H29NO6/c1-16(21-20(27)14-13-19(30-21)12-8-3-4-9-15-26)23(28)25-17(2)22(31-24(25)29)18-10-6-5-7-11-18/h5-7,10-14,16-17,21-22,26H,3-4,8-9,15H2,1-2H3/t16-,17-,21-,22-/m1/s1. The molecule has 3 rings (SSSR count). The Bertz CT molecular complexity index is 862. The molecule has 0 unspecified atom stereocenters. The summed E-state index contributed by atoms with van der Waals surface area (Å²) in [6.07, 6.45) is 5.93. The Morgan fingerprint density at radius 1 is 1.13 bits per heavy atom. The predicted octanol–water partition coefficient (Wildman–Crippen LogP) is 3.69. The minimum atomic E-state index is -0.989. The number of hydrogen-bond donors (Lipinski definition) is 1. The predicted molar refractivity (Wildman–Crippen MR) is 114 cm³/mol. The molecule has 1 aromatic carbocycles. The number of nitrogens with zero attached hydrogens (tertiary/aromatic N) is 1. The fourth-order valence-electron chi connectivity index (χ4n) is 3.84. The lowest BCUT2D eigenvalue weighted by Crippen LogP contribution is -2.47. The Hall–Kier alpha value is -2.93. The van der Waals surface area contributed by atoms with Crippen LogP contribution in [0.4, 0.5) is 4.79 Å². The third-order valence-corrected chi connectivity index (χ3v) is 5.64. The first-order chi connectivity index (χ1) is 14.9. The van der Waals surface area contributed by atoms with Gasteiger partial charge in [-0.2, -0.15) is 0 Å². The summed E-state index contributed by atoms with van der Waals surface area (Å²) in [5.41, 5.74) is 0.811. The van der Waals surface area contributed by atoms with E-state index in [0.29, 0.717) is 5.76 Å². The summed E-state index contributed by atoms with van der Waals surface area (Å²) in [5, 5.41) is 8.84. The molecule has 1 fully saturated rings. The highest BCUT2D eigenvalue weighted by Crippen LogP contribution is 2.34. The summed E-state index contributed by atoms with van der Waals surface area (Å²) in [7, 11) is 0. The Morgan fingerprint density at radius 3 is 2.58 bits per heavy atom. The van der Waals surface area contributed by atoms with Crippen molar-refractivity contribution in [2.24, 2.45) is 5.92 Å². The van der Waals surface area contributed by atoms with E-state index in [1.54, 1.807) is 19.9 Å². The van der Waals surface area contributed by atoms with E-state index in [2.05, 4.69) is 0 Å². The normalized spacial score (nSPS) is 25.5. The Balaban J connectivity index is 1.67. The minimum Gasteiger partial charge on any atom is -0.482 e. The van der Waals surface area contributed by atoms with Crippen molar-refractivity contribution in [2.75, 3.05) is 6.61 Å². The van der Waals surface area contributed by atoms with E-state index < -0.39 is 36.2 Å². The second-order valence-electron chi connectivity index (χ2n) is 7.91. The number of amides is 2. The summed E-state index contributed by atoms with van der Waals surface area (Å²) >= 11 is 0. The van der Waals surface area contributed by atoms with Gasteiger partial charge in [-0.15, -0.1) is 0 Å². The molecule has 31 heavy (non-hydrogen) atoms. The SMILES string of the molecule is C[C@@H]1[C@H](c2ccccc2)OC(=O)N1C(=O)[C@H](C)[C@H]1OC(=CCCCCCO)C=CC1=O. The van der Waals surface area contributed by atoms with Crippen LogP contribution in [0.25, 0.3) is 0 Å². The second kappa shape index (κ2) is 10.4. The van der Waals surface area contributed by atoms with Gasteiger partial charge in [0.1, 0.15) is 11.9 Å². The number of allylic oxidation sites excluding steroid dienone is 2. The quantitative estimate of drug-likeness (QED) is 0.636. The van der Waals surface area contributed by atoms with Crippen LogP contribution in [-0.4, -0.2) is 46.5 Å². The van der Waals surface area contributed by atoms with Gasteiger partial charge in [-0.05, 0) is 56.9 Å². The maximum Gasteiger partial charge on any atom is 0.417 e. The molecular weight excluding hydrogens is 398 g/mol. The number of imide groups is 1. The average molecular weight is 427 g/mol. The Labute approximate surface area is 182 Å². The molecule has 7 heteroatoms. The first-order valence-corrected chi connectivity index (χ1v) is 10.7. The molecule has 4 atom stereocenters. The number of aliphatic hydroxyl groups excluding tert-OH is 1. The van der Waals surface area contributed by atoms with Gasteiger partial charge in [0.15, 0.2) is 11.9 Å². The number of carbonyl (C=O) groups excluding carboxylic acids is 3. The van der Waals surface area contributed by atoms with Gasteiger partial charge in [0.05, 0.1) is 12.0 Å². The van der Waals surface area contributed by atoms with E-state index in [1.165, 1.54) is 6.08 Å². The van der Waals surface area contributed by atoms with Crippen LogP contribution in [-0.2, 0) is 19.1 Å². The van der Waals surface area contributed by atoms with Crippen LogP contribution < -0.4 is 0 Å². The Morgan fingerprint density at radius 2 is 1.87 bits per heavy atom. The number of carbonyl (C=O) groups is 3. The fourth-order valence-corrected chi connectivity index (χ4v) is 3.84. The van der Waals surface area contributed by atoms with Crippen molar-refractivity contribution in [1.29, 1.82) is 0 Å². The zero-order valence-corrected chi connectivity index (χ0v) is 17.9. The van der Waals surface area contributed by atoms with Gasteiger partial charge in [-0.1, -0.05) is 36.8 Å². The topological polar surface area (TPSA) is 93.1 Å². The summed E-state index contributed by atoms with van der Waals surface area (Å²) in [5.74, 6) is -1.11. The lowest BCUT2D eigenvalue weighted by Gasteiger charge is -2.28. The summed E-state index contributed by atoms with van der Waals surface area (Å²) < 4.78 is 11.3. The van der Waals surface area contributed by atoms with Gasteiger partial charge in [-0.3, -0.25) is 9.59 Å². The van der Waals surface area contributed by atoms with Crippen molar-refractivity contribution in [3.63, 3.8) is 0 Å². The Kier molecular flexibility index (Phi) is 7.63. The molecule has 0 spiro atoms. The fraction of sp³-hybridized carbons (Fsp3) is 0.458. The van der Waals surface area contributed by atoms with E-state index in [-0.39, 0.29) is 12.4 Å². The molecule has 0 saturated carbocycles. The zero-order valence-electron chi connectivity index (χ0n) is 17.9. The highest BCUT2D eigenvalue weighted by molar-refractivity contribution is 6.01. The second-order valence-corrected chi connectivity index (χ2v) is 7.91. The van der Waals surface area contributed by atoms with Crippen LogP contribution in [0, 0.1) is 5.92 Å². The lowest BCUT2D eigenvalue weighted by molar-refractivity contribution is -0.142. The summed E-state index contributed by atoms with van der Waals surface area (Å²) in [6, 6.07) is 8.76. The van der Waals surface area contributed by atoms with Gasteiger partial charge in [-0.25, -0.2) is 9.69 Å². The first-order valence-electron chi connectivity index (χ1n) is 10.7. The highest BCUT2D eigenvalue weighted by atomic mass is 16.6.